The van der Waals surface area contributed by atoms with E-state index in [1.165, 1.54) is 54.3 Å². The molecule has 0 spiro atoms. The smallest absolute Gasteiger partial charge is 0.331 e. The van der Waals surface area contributed by atoms with Gasteiger partial charge in [0.25, 0.3) is 11.5 Å². The van der Waals surface area contributed by atoms with E-state index in [0.29, 0.717) is 17.1 Å². The molecule has 0 aliphatic carbocycles. The third kappa shape index (κ3) is 4.77. The lowest BCUT2D eigenvalue weighted by molar-refractivity contribution is 0.0946. The molecule has 0 saturated carbocycles. The normalized spacial score (nSPS) is 10.9. The van der Waals surface area contributed by atoms with Crippen LogP contribution in [0.25, 0.3) is 10.9 Å². The summed E-state index contributed by atoms with van der Waals surface area (Å²) in [7, 11) is 1.51. The van der Waals surface area contributed by atoms with Crippen molar-refractivity contribution in [1.29, 1.82) is 0 Å². The number of benzene rings is 1. The molecule has 3 N–H and O–H groups in total. The lowest BCUT2D eigenvalue weighted by atomic mass is 10.2. The Bertz CT molecular complexity index is 1480. The molecule has 0 atom stereocenters. The molecule has 0 bridgehead atoms. The minimum absolute atomic E-state index is 0.0137. The minimum atomic E-state index is -0.570. The molecule has 10 nitrogen and oxygen atoms in total. The number of pyridine rings is 2. The van der Waals surface area contributed by atoms with Gasteiger partial charge in [0.2, 0.25) is 0 Å². The number of amides is 1. The van der Waals surface area contributed by atoms with Gasteiger partial charge < -0.3 is 15.8 Å². The zero-order chi connectivity index (χ0) is 24.2. The zero-order valence-corrected chi connectivity index (χ0v) is 18.2. The van der Waals surface area contributed by atoms with Crippen molar-refractivity contribution < 1.29 is 13.9 Å². The van der Waals surface area contributed by atoms with Crippen LogP contribution in [-0.4, -0.2) is 31.6 Å². The second-order valence-corrected chi connectivity index (χ2v) is 7.46. The summed E-state index contributed by atoms with van der Waals surface area (Å²) in [5.74, 6) is -0.145. The van der Waals surface area contributed by atoms with Crippen LogP contribution in [0.5, 0.6) is 5.75 Å². The highest BCUT2D eigenvalue weighted by Gasteiger charge is 2.15. The highest BCUT2D eigenvalue weighted by Crippen LogP contribution is 2.12. The third-order valence-electron chi connectivity index (χ3n) is 5.17. The van der Waals surface area contributed by atoms with Crippen LogP contribution in [0.4, 0.5) is 10.2 Å². The number of nitrogens with zero attached hydrogens (tertiary/aromatic N) is 4. The predicted octanol–water partition coefficient (Wildman–Crippen LogP) is 1.22. The fourth-order valence-corrected chi connectivity index (χ4v) is 3.39. The molecule has 0 aliphatic heterocycles. The van der Waals surface area contributed by atoms with Gasteiger partial charge in [-0.15, -0.1) is 0 Å². The quantitative estimate of drug-likeness (QED) is 0.420. The number of hydrogen-bond donors (Lipinski definition) is 2. The molecule has 3 heterocycles. The van der Waals surface area contributed by atoms with E-state index in [9.17, 15) is 18.8 Å². The standard InChI is InChI=1S/C23H21FN6O4/c1-29-19-13-27-18(21(31)28-12-14-6-7-26-20(25)10-14)11-17(19)22(32)30(23(29)33)8-9-34-16-4-2-15(24)3-5-16/h2-7,10-11,13H,8-9,12H2,1H3,(H2,25,26)(H,28,31). The largest absolute Gasteiger partial charge is 0.492 e. The number of carbonyl (C=O) groups is 1. The number of aromatic nitrogens is 4. The molecule has 34 heavy (non-hydrogen) atoms. The fourth-order valence-electron chi connectivity index (χ4n) is 3.39. The Labute approximate surface area is 192 Å². The Kier molecular flexibility index (Phi) is 6.35. The summed E-state index contributed by atoms with van der Waals surface area (Å²) in [4.78, 5) is 46.3. The molecule has 0 fully saturated rings. The van der Waals surface area contributed by atoms with Crippen LogP contribution in [0, 0.1) is 5.82 Å². The number of aryl methyl sites for hydroxylation is 1. The van der Waals surface area contributed by atoms with Crippen LogP contribution in [0.2, 0.25) is 0 Å². The molecular formula is C23H21FN6O4. The molecule has 174 valence electrons. The summed E-state index contributed by atoms with van der Waals surface area (Å²) in [5, 5.41) is 2.88. The van der Waals surface area contributed by atoms with E-state index in [4.69, 9.17) is 10.5 Å². The first-order chi connectivity index (χ1) is 16.3. The molecule has 1 aromatic carbocycles. The summed E-state index contributed by atoms with van der Waals surface area (Å²) in [5.41, 5.74) is 5.61. The van der Waals surface area contributed by atoms with Crippen LogP contribution >= 0.6 is 0 Å². The highest BCUT2D eigenvalue weighted by atomic mass is 19.1. The molecule has 11 heteroatoms. The second-order valence-electron chi connectivity index (χ2n) is 7.46. The number of fused-ring (bicyclic) bond motifs is 1. The van der Waals surface area contributed by atoms with Crippen molar-refractivity contribution in [3.63, 3.8) is 0 Å². The molecule has 1 amide bonds. The Morgan fingerprint density at radius 1 is 1.15 bits per heavy atom. The van der Waals surface area contributed by atoms with Gasteiger partial charge >= 0.3 is 5.69 Å². The topological polar surface area (TPSA) is 134 Å². The van der Waals surface area contributed by atoms with Gasteiger partial charge in [0.1, 0.15) is 29.7 Å². The number of nitrogen functional groups attached to an aromatic ring is 1. The summed E-state index contributed by atoms with van der Waals surface area (Å²) in [6, 6.07) is 10.1. The SMILES string of the molecule is Cn1c(=O)n(CCOc2ccc(F)cc2)c(=O)c2cc(C(=O)NCc3ccnc(N)c3)ncc21. The molecule has 4 aromatic rings. The number of nitrogens with one attached hydrogen (secondary N) is 1. The first-order valence-corrected chi connectivity index (χ1v) is 10.3. The maximum absolute atomic E-state index is 13.0. The number of anilines is 1. The van der Waals surface area contributed by atoms with Gasteiger partial charge in [-0.05, 0) is 48.0 Å². The third-order valence-corrected chi connectivity index (χ3v) is 5.17. The van der Waals surface area contributed by atoms with E-state index < -0.39 is 23.0 Å². The Morgan fingerprint density at radius 2 is 1.91 bits per heavy atom. The van der Waals surface area contributed by atoms with E-state index in [0.717, 1.165) is 10.1 Å². The van der Waals surface area contributed by atoms with Gasteiger partial charge in [-0.2, -0.15) is 0 Å². The molecular weight excluding hydrogens is 443 g/mol. The molecule has 0 saturated heterocycles. The highest BCUT2D eigenvalue weighted by molar-refractivity contribution is 5.95. The minimum Gasteiger partial charge on any atom is -0.492 e. The number of carbonyl (C=O) groups excluding carboxylic acids is 1. The van der Waals surface area contributed by atoms with Gasteiger partial charge in [0.05, 0.1) is 23.6 Å². The maximum Gasteiger partial charge on any atom is 0.331 e. The van der Waals surface area contributed by atoms with E-state index >= 15 is 0 Å². The molecule has 0 unspecified atom stereocenters. The van der Waals surface area contributed by atoms with Crippen molar-refractivity contribution in [2.45, 2.75) is 13.1 Å². The average Bonchev–Trinajstić information content (AvgIpc) is 2.84. The predicted molar refractivity (Wildman–Crippen MR) is 123 cm³/mol. The second kappa shape index (κ2) is 9.53. The van der Waals surface area contributed by atoms with Gasteiger partial charge in [0.15, 0.2) is 0 Å². The molecule has 4 rings (SSSR count). The van der Waals surface area contributed by atoms with Crippen molar-refractivity contribution in [2.75, 3.05) is 12.3 Å². The van der Waals surface area contributed by atoms with Crippen LogP contribution in [0.1, 0.15) is 16.1 Å². The van der Waals surface area contributed by atoms with Crippen molar-refractivity contribution in [3.05, 3.63) is 92.8 Å². The first kappa shape index (κ1) is 22.6. The Balaban J connectivity index is 1.56. The lowest BCUT2D eigenvalue weighted by Gasteiger charge is -2.12. The number of hydrogen-bond acceptors (Lipinski definition) is 7. The number of rotatable bonds is 7. The number of ether oxygens (including phenoxy) is 1. The van der Waals surface area contributed by atoms with Gasteiger partial charge in [-0.1, -0.05) is 0 Å². The average molecular weight is 464 g/mol. The van der Waals surface area contributed by atoms with Gasteiger partial charge in [-0.25, -0.2) is 19.2 Å². The van der Waals surface area contributed by atoms with Crippen molar-refractivity contribution >= 4 is 22.6 Å². The molecule has 0 aliphatic rings. The summed E-state index contributed by atoms with van der Waals surface area (Å²) in [6.45, 7) is 0.176. The fraction of sp³-hybridized carbons (Fsp3) is 0.174. The van der Waals surface area contributed by atoms with Crippen molar-refractivity contribution in [1.82, 2.24) is 24.4 Å². The van der Waals surface area contributed by atoms with E-state index in [2.05, 4.69) is 15.3 Å². The van der Waals surface area contributed by atoms with E-state index in [1.54, 1.807) is 12.1 Å². The van der Waals surface area contributed by atoms with Crippen LogP contribution < -0.4 is 27.0 Å². The summed E-state index contributed by atoms with van der Waals surface area (Å²) < 4.78 is 20.8. The maximum atomic E-state index is 13.0. The lowest BCUT2D eigenvalue weighted by Crippen LogP contribution is -2.40. The van der Waals surface area contributed by atoms with E-state index in [-0.39, 0.29) is 30.8 Å². The summed E-state index contributed by atoms with van der Waals surface area (Å²) >= 11 is 0. The van der Waals surface area contributed by atoms with Gasteiger partial charge in [-0.3, -0.25) is 18.7 Å². The molecule has 3 aromatic heterocycles. The Morgan fingerprint density at radius 3 is 2.65 bits per heavy atom. The van der Waals surface area contributed by atoms with E-state index in [1.807, 2.05) is 0 Å². The van der Waals surface area contributed by atoms with Crippen LogP contribution in [-0.2, 0) is 20.1 Å². The molecule has 0 radical (unpaired) electrons. The van der Waals surface area contributed by atoms with Crippen LogP contribution in [0.15, 0.2) is 64.4 Å². The van der Waals surface area contributed by atoms with Crippen molar-refractivity contribution in [2.24, 2.45) is 7.05 Å². The zero-order valence-electron chi connectivity index (χ0n) is 18.2. The monoisotopic (exact) mass is 464 g/mol. The first-order valence-electron chi connectivity index (χ1n) is 10.3. The Hall–Kier alpha value is -4.54. The van der Waals surface area contributed by atoms with Crippen molar-refractivity contribution in [3.8, 4) is 5.75 Å². The number of nitrogens with two attached hydrogens (primary N) is 1. The number of halogens is 1. The van der Waals surface area contributed by atoms with Gasteiger partial charge in [0, 0.05) is 19.8 Å². The summed E-state index contributed by atoms with van der Waals surface area (Å²) in [6.07, 6.45) is 2.85. The van der Waals surface area contributed by atoms with Crippen LogP contribution in [0.3, 0.4) is 0 Å².